The number of benzene rings is 1. The normalized spacial score (nSPS) is 17.0. The van der Waals surface area contributed by atoms with Gasteiger partial charge in [-0.3, -0.25) is 0 Å². The largest absolute Gasteiger partial charge is 0.380 e. The van der Waals surface area contributed by atoms with Crippen LogP contribution in [0.2, 0.25) is 5.02 Å². The topological polar surface area (TPSA) is 46.0 Å². The van der Waals surface area contributed by atoms with Crippen molar-refractivity contribution in [2.75, 3.05) is 25.0 Å². The van der Waals surface area contributed by atoms with Crippen LogP contribution in [0.5, 0.6) is 0 Å². The second kappa shape index (κ2) is 6.45. The van der Waals surface area contributed by atoms with E-state index in [1.807, 2.05) is 18.2 Å². The van der Waals surface area contributed by atoms with Crippen LogP contribution in [-0.4, -0.2) is 45.3 Å². The molecule has 0 aliphatic carbocycles. The summed E-state index contributed by atoms with van der Waals surface area (Å²) in [4.78, 5) is 6.49. The molecule has 1 N–H and O–H groups in total. The summed E-state index contributed by atoms with van der Waals surface area (Å²) in [5, 5.41) is 8.56. The van der Waals surface area contributed by atoms with Crippen molar-refractivity contribution in [2.45, 2.75) is 25.8 Å². The molecule has 112 valence electrons. The molecule has 0 unspecified atom stereocenters. The molecule has 1 aliphatic heterocycles. The maximum Gasteiger partial charge on any atom is 0.138 e. The molecule has 1 fully saturated rings. The molecule has 1 aromatic heterocycles. The molecule has 0 spiro atoms. The van der Waals surface area contributed by atoms with Crippen LogP contribution in [0.1, 0.15) is 19.8 Å². The van der Waals surface area contributed by atoms with Crippen molar-refractivity contribution < 1.29 is 0 Å². The third kappa shape index (κ3) is 3.36. The van der Waals surface area contributed by atoms with E-state index in [-0.39, 0.29) is 0 Å². The molecule has 0 atom stereocenters. The van der Waals surface area contributed by atoms with Crippen LogP contribution in [-0.2, 0) is 0 Å². The number of likely N-dealkylation sites (tertiary alicyclic amines) is 1. The van der Waals surface area contributed by atoms with E-state index in [4.69, 9.17) is 11.6 Å². The van der Waals surface area contributed by atoms with Crippen LogP contribution in [0.3, 0.4) is 0 Å². The molecule has 1 saturated heterocycles. The first kappa shape index (κ1) is 14.4. The highest BCUT2D eigenvalue weighted by molar-refractivity contribution is 6.31. The van der Waals surface area contributed by atoms with Crippen LogP contribution in [0.25, 0.3) is 5.69 Å². The van der Waals surface area contributed by atoms with E-state index in [1.165, 1.54) is 6.33 Å². The molecule has 0 amide bonds. The third-order valence-electron chi connectivity index (χ3n) is 4.02. The zero-order chi connectivity index (χ0) is 14.7. The molecule has 0 bridgehead atoms. The fourth-order valence-electron chi connectivity index (χ4n) is 2.77. The number of hydrogen-bond acceptors (Lipinski definition) is 4. The first-order valence-electron chi connectivity index (χ1n) is 7.39. The summed E-state index contributed by atoms with van der Waals surface area (Å²) >= 11 is 6.15. The Labute approximate surface area is 129 Å². The Morgan fingerprint density at radius 1 is 1.33 bits per heavy atom. The summed E-state index contributed by atoms with van der Waals surface area (Å²) in [6, 6.07) is 6.29. The van der Waals surface area contributed by atoms with Crippen molar-refractivity contribution in [1.29, 1.82) is 0 Å². The minimum Gasteiger partial charge on any atom is -0.380 e. The number of halogens is 1. The van der Waals surface area contributed by atoms with Gasteiger partial charge in [0.25, 0.3) is 0 Å². The smallest absolute Gasteiger partial charge is 0.138 e. The SMILES string of the molecule is CCN1CCC(Nc2cc(Cl)ccc2-n2cncn2)CC1. The van der Waals surface area contributed by atoms with E-state index < -0.39 is 0 Å². The number of piperidine rings is 1. The summed E-state index contributed by atoms with van der Waals surface area (Å²) in [5.74, 6) is 0. The molecular formula is C15H20ClN5. The van der Waals surface area contributed by atoms with Gasteiger partial charge >= 0.3 is 0 Å². The van der Waals surface area contributed by atoms with E-state index >= 15 is 0 Å². The van der Waals surface area contributed by atoms with Gasteiger partial charge in [-0.1, -0.05) is 18.5 Å². The van der Waals surface area contributed by atoms with Crippen LogP contribution in [0, 0.1) is 0 Å². The molecule has 21 heavy (non-hydrogen) atoms. The maximum absolute atomic E-state index is 6.15. The van der Waals surface area contributed by atoms with Gasteiger partial charge in [0.2, 0.25) is 0 Å². The van der Waals surface area contributed by atoms with E-state index in [2.05, 4.69) is 27.2 Å². The van der Waals surface area contributed by atoms with Gasteiger partial charge in [0.1, 0.15) is 12.7 Å². The number of hydrogen-bond donors (Lipinski definition) is 1. The average molecular weight is 306 g/mol. The number of anilines is 1. The zero-order valence-corrected chi connectivity index (χ0v) is 12.9. The van der Waals surface area contributed by atoms with E-state index in [0.717, 1.165) is 48.9 Å². The molecular weight excluding hydrogens is 286 g/mol. The fraction of sp³-hybridized carbons (Fsp3) is 0.467. The summed E-state index contributed by atoms with van der Waals surface area (Å²) in [5.41, 5.74) is 2.00. The van der Waals surface area contributed by atoms with E-state index in [0.29, 0.717) is 6.04 Å². The molecule has 1 aromatic carbocycles. The second-order valence-electron chi connectivity index (χ2n) is 5.35. The van der Waals surface area contributed by atoms with E-state index in [1.54, 1.807) is 11.0 Å². The Bertz CT molecular complexity index is 576. The van der Waals surface area contributed by atoms with Crippen LogP contribution >= 0.6 is 11.6 Å². The average Bonchev–Trinajstić information content (AvgIpc) is 3.02. The molecule has 2 aromatic rings. The fourth-order valence-corrected chi connectivity index (χ4v) is 2.94. The van der Waals surface area contributed by atoms with Gasteiger partial charge < -0.3 is 10.2 Å². The standard InChI is InChI=1S/C15H20ClN5/c1-2-20-7-5-13(6-8-20)19-14-9-12(16)3-4-15(14)21-11-17-10-18-21/h3-4,9-11,13,19H,2,5-8H2,1H3. The number of nitrogens with one attached hydrogen (secondary N) is 1. The van der Waals surface area contributed by atoms with Crippen molar-refractivity contribution in [3.63, 3.8) is 0 Å². The third-order valence-corrected chi connectivity index (χ3v) is 4.25. The van der Waals surface area contributed by atoms with E-state index in [9.17, 15) is 0 Å². The van der Waals surface area contributed by atoms with Crippen molar-refractivity contribution in [1.82, 2.24) is 19.7 Å². The monoisotopic (exact) mass is 305 g/mol. The lowest BCUT2D eigenvalue weighted by atomic mass is 10.0. The quantitative estimate of drug-likeness (QED) is 0.943. The van der Waals surface area contributed by atoms with Gasteiger partial charge in [-0.15, -0.1) is 0 Å². The van der Waals surface area contributed by atoms with Gasteiger partial charge in [-0.25, -0.2) is 9.67 Å². The van der Waals surface area contributed by atoms with Crippen molar-refractivity contribution >= 4 is 17.3 Å². The van der Waals surface area contributed by atoms with Gasteiger partial charge in [-0.2, -0.15) is 5.10 Å². The van der Waals surface area contributed by atoms with Gasteiger partial charge in [-0.05, 0) is 37.6 Å². The molecule has 1 aliphatic rings. The Kier molecular flexibility index (Phi) is 4.41. The van der Waals surface area contributed by atoms with Crippen molar-refractivity contribution in [2.24, 2.45) is 0 Å². The lowest BCUT2D eigenvalue weighted by Gasteiger charge is -2.32. The molecule has 0 saturated carbocycles. The highest BCUT2D eigenvalue weighted by atomic mass is 35.5. The van der Waals surface area contributed by atoms with Gasteiger partial charge in [0, 0.05) is 24.2 Å². The number of aromatic nitrogens is 3. The highest BCUT2D eigenvalue weighted by Gasteiger charge is 2.19. The summed E-state index contributed by atoms with van der Waals surface area (Å²) in [7, 11) is 0. The van der Waals surface area contributed by atoms with Crippen LogP contribution in [0.4, 0.5) is 5.69 Å². The first-order valence-corrected chi connectivity index (χ1v) is 7.77. The minimum atomic E-state index is 0.480. The lowest BCUT2D eigenvalue weighted by molar-refractivity contribution is 0.229. The highest BCUT2D eigenvalue weighted by Crippen LogP contribution is 2.26. The summed E-state index contributed by atoms with van der Waals surface area (Å²) in [6.45, 7) is 5.64. The molecule has 6 heteroatoms. The number of rotatable bonds is 4. The Hall–Kier alpha value is -1.59. The summed E-state index contributed by atoms with van der Waals surface area (Å²) in [6.07, 6.45) is 5.54. The predicted molar refractivity (Wildman–Crippen MR) is 85.1 cm³/mol. The second-order valence-corrected chi connectivity index (χ2v) is 5.79. The van der Waals surface area contributed by atoms with Crippen LogP contribution < -0.4 is 5.32 Å². The predicted octanol–water partition coefficient (Wildman–Crippen LogP) is 2.82. The molecule has 3 rings (SSSR count). The lowest BCUT2D eigenvalue weighted by Crippen LogP contribution is -2.39. The van der Waals surface area contributed by atoms with Gasteiger partial charge in [0.15, 0.2) is 0 Å². The Balaban J connectivity index is 1.77. The zero-order valence-electron chi connectivity index (χ0n) is 12.2. The van der Waals surface area contributed by atoms with Gasteiger partial charge in [0.05, 0.1) is 11.4 Å². The first-order chi connectivity index (χ1) is 10.3. The maximum atomic E-state index is 6.15. The minimum absolute atomic E-state index is 0.480. The summed E-state index contributed by atoms with van der Waals surface area (Å²) < 4.78 is 1.76. The number of nitrogens with zero attached hydrogens (tertiary/aromatic N) is 4. The molecule has 2 heterocycles. The Morgan fingerprint density at radius 3 is 2.81 bits per heavy atom. The van der Waals surface area contributed by atoms with Crippen LogP contribution in [0.15, 0.2) is 30.9 Å². The van der Waals surface area contributed by atoms with Crippen molar-refractivity contribution in [3.8, 4) is 5.69 Å². The Morgan fingerprint density at radius 2 is 2.14 bits per heavy atom. The molecule has 0 radical (unpaired) electrons. The van der Waals surface area contributed by atoms with Crippen molar-refractivity contribution in [3.05, 3.63) is 35.9 Å². The molecule has 5 nitrogen and oxygen atoms in total.